The van der Waals surface area contributed by atoms with E-state index in [4.69, 9.17) is 10.5 Å². The molecule has 0 saturated heterocycles. The van der Waals surface area contributed by atoms with E-state index in [9.17, 15) is 14.0 Å². The van der Waals surface area contributed by atoms with Crippen molar-refractivity contribution < 1.29 is 18.7 Å². The summed E-state index contributed by atoms with van der Waals surface area (Å²) in [6.45, 7) is 0.797. The predicted octanol–water partition coefficient (Wildman–Crippen LogP) is 5.49. The van der Waals surface area contributed by atoms with Gasteiger partial charge in [0.1, 0.15) is 0 Å². The second-order valence-corrected chi connectivity index (χ2v) is 8.58. The lowest BCUT2D eigenvalue weighted by molar-refractivity contribution is 0.0766. The maximum atomic E-state index is 14.3. The van der Waals surface area contributed by atoms with Crippen LogP contribution in [0.2, 0.25) is 0 Å². The quantitative estimate of drug-likeness (QED) is 0.357. The van der Waals surface area contributed by atoms with Crippen molar-refractivity contribution in [2.24, 2.45) is 0 Å². The highest BCUT2D eigenvalue weighted by atomic mass is 19.1. The number of hydrogen-bond acceptors (Lipinski definition) is 4. The van der Waals surface area contributed by atoms with Crippen molar-refractivity contribution in [1.82, 2.24) is 4.90 Å². The fraction of sp³-hybridized carbons (Fsp3) is 0.103. The van der Waals surface area contributed by atoms with Gasteiger partial charge in [-0.15, -0.1) is 0 Å². The molecule has 0 radical (unpaired) electrons. The Bertz CT molecular complexity index is 1470. The van der Waals surface area contributed by atoms with Crippen LogP contribution in [0.1, 0.15) is 31.8 Å². The first kappa shape index (κ1) is 23.1. The number of nitrogens with two attached hydrogens (primary N) is 1. The van der Waals surface area contributed by atoms with Crippen molar-refractivity contribution in [3.8, 4) is 16.9 Å². The van der Waals surface area contributed by atoms with Gasteiger partial charge in [0.2, 0.25) is 0 Å². The molecule has 4 aromatic carbocycles. The van der Waals surface area contributed by atoms with E-state index in [0.29, 0.717) is 41.2 Å². The van der Waals surface area contributed by atoms with E-state index in [1.165, 1.54) is 13.2 Å². The van der Waals surface area contributed by atoms with E-state index in [0.717, 1.165) is 16.7 Å². The third-order valence-corrected chi connectivity index (χ3v) is 6.30. The molecule has 1 aliphatic heterocycles. The molecule has 0 atom stereocenters. The summed E-state index contributed by atoms with van der Waals surface area (Å²) in [5, 5.41) is 2.81. The Morgan fingerprint density at radius 2 is 1.75 bits per heavy atom. The van der Waals surface area contributed by atoms with Crippen LogP contribution in [0.5, 0.6) is 5.75 Å². The zero-order valence-corrected chi connectivity index (χ0v) is 19.6. The van der Waals surface area contributed by atoms with Crippen LogP contribution >= 0.6 is 0 Å². The maximum absolute atomic E-state index is 14.3. The van der Waals surface area contributed by atoms with Crippen LogP contribution in [0.3, 0.4) is 0 Å². The van der Waals surface area contributed by atoms with E-state index in [1.807, 2.05) is 24.3 Å². The SMILES string of the molecule is COc1ccc(-c2cccc3c2CN(Cc2ccc(C(=O)Nc4ccccc4N)cc2)C3=O)cc1F. The van der Waals surface area contributed by atoms with Crippen LogP contribution in [0.15, 0.2) is 84.9 Å². The van der Waals surface area contributed by atoms with E-state index in [-0.39, 0.29) is 17.6 Å². The fourth-order valence-corrected chi connectivity index (χ4v) is 4.41. The van der Waals surface area contributed by atoms with Gasteiger partial charge in [-0.05, 0) is 64.7 Å². The van der Waals surface area contributed by atoms with Gasteiger partial charge in [0.25, 0.3) is 11.8 Å². The molecular weight excluding hydrogens is 457 g/mol. The number of nitrogens with one attached hydrogen (secondary N) is 1. The van der Waals surface area contributed by atoms with Crippen molar-refractivity contribution in [2.45, 2.75) is 13.1 Å². The number of amides is 2. The summed E-state index contributed by atoms with van der Waals surface area (Å²) in [6.07, 6.45) is 0. The molecule has 7 heteroatoms. The number of carbonyl (C=O) groups is 2. The number of methoxy groups -OCH3 is 1. The summed E-state index contributed by atoms with van der Waals surface area (Å²) in [5.74, 6) is -0.621. The number of fused-ring (bicyclic) bond motifs is 1. The number of carbonyl (C=O) groups excluding carboxylic acids is 2. The molecule has 0 aromatic heterocycles. The summed E-state index contributed by atoms with van der Waals surface area (Å²) >= 11 is 0. The molecule has 1 heterocycles. The number of rotatable bonds is 6. The molecule has 6 nitrogen and oxygen atoms in total. The standard InChI is InChI=1S/C29H24FN3O3/c1-36-27-14-13-20(15-24(27)30)21-5-4-6-22-23(21)17-33(29(22)35)16-18-9-11-19(12-10-18)28(34)32-26-8-3-2-7-25(26)31/h2-15H,16-17,31H2,1H3,(H,32,34). The van der Waals surface area contributed by atoms with Crippen LogP contribution in [0.25, 0.3) is 11.1 Å². The Kier molecular flexibility index (Phi) is 6.12. The number of nitrogen functional groups attached to an aromatic ring is 1. The van der Waals surface area contributed by atoms with Crippen molar-refractivity contribution >= 4 is 23.2 Å². The molecule has 5 rings (SSSR count). The first-order valence-electron chi connectivity index (χ1n) is 11.4. The van der Waals surface area contributed by atoms with Gasteiger partial charge in [-0.25, -0.2) is 4.39 Å². The van der Waals surface area contributed by atoms with Crippen molar-refractivity contribution in [1.29, 1.82) is 0 Å². The summed E-state index contributed by atoms with van der Waals surface area (Å²) in [6, 6.07) is 24.5. The Morgan fingerprint density at radius 1 is 1.00 bits per heavy atom. The fourth-order valence-electron chi connectivity index (χ4n) is 4.41. The first-order valence-corrected chi connectivity index (χ1v) is 11.4. The number of hydrogen-bond donors (Lipinski definition) is 2. The molecule has 1 aliphatic rings. The molecule has 180 valence electrons. The van der Waals surface area contributed by atoms with Gasteiger partial charge in [0, 0.05) is 24.2 Å². The minimum atomic E-state index is -0.451. The highest BCUT2D eigenvalue weighted by Crippen LogP contribution is 2.35. The van der Waals surface area contributed by atoms with Crippen LogP contribution in [-0.2, 0) is 13.1 Å². The molecule has 2 amide bonds. The number of halogens is 1. The Labute approximate surface area is 208 Å². The third-order valence-electron chi connectivity index (χ3n) is 6.30. The van der Waals surface area contributed by atoms with Crippen LogP contribution < -0.4 is 15.8 Å². The second-order valence-electron chi connectivity index (χ2n) is 8.58. The van der Waals surface area contributed by atoms with Gasteiger partial charge >= 0.3 is 0 Å². The Hall–Kier alpha value is -4.65. The lowest BCUT2D eigenvalue weighted by Gasteiger charge is -2.16. The van der Waals surface area contributed by atoms with Gasteiger partial charge < -0.3 is 20.7 Å². The third kappa shape index (κ3) is 4.38. The highest BCUT2D eigenvalue weighted by molar-refractivity contribution is 6.05. The molecule has 0 saturated carbocycles. The normalized spacial score (nSPS) is 12.4. The summed E-state index contributed by atoms with van der Waals surface area (Å²) in [7, 11) is 1.42. The highest BCUT2D eigenvalue weighted by Gasteiger charge is 2.29. The van der Waals surface area contributed by atoms with E-state index in [1.54, 1.807) is 59.5 Å². The van der Waals surface area contributed by atoms with Crippen molar-refractivity contribution in [2.75, 3.05) is 18.2 Å². The Morgan fingerprint density at radius 3 is 2.47 bits per heavy atom. The average Bonchev–Trinajstić information content (AvgIpc) is 3.21. The Balaban J connectivity index is 1.31. The van der Waals surface area contributed by atoms with Gasteiger partial charge in [0.05, 0.1) is 18.5 Å². The first-order chi connectivity index (χ1) is 17.4. The summed E-state index contributed by atoms with van der Waals surface area (Å²) in [4.78, 5) is 27.5. The van der Waals surface area contributed by atoms with Gasteiger partial charge in [-0.1, -0.05) is 42.5 Å². The topological polar surface area (TPSA) is 84.7 Å². The van der Waals surface area contributed by atoms with Crippen molar-refractivity contribution in [3.05, 3.63) is 113 Å². The molecule has 0 fully saturated rings. The minimum Gasteiger partial charge on any atom is -0.494 e. The largest absolute Gasteiger partial charge is 0.494 e. The predicted molar refractivity (Wildman–Crippen MR) is 137 cm³/mol. The lowest BCUT2D eigenvalue weighted by Crippen LogP contribution is -2.23. The lowest BCUT2D eigenvalue weighted by atomic mass is 9.97. The number of ether oxygens (including phenoxy) is 1. The number of nitrogens with zero attached hydrogens (tertiary/aromatic N) is 1. The second kappa shape index (κ2) is 9.54. The van der Waals surface area contributed by atoms with Crippen LogP contribution in [0.4, 0.5) is 15.8 Å². The molecule has 0 aliphatic carbocycles. The molecular formula is C29H24FN3O3. The van der Waals surface area contributed by atoms with Gasteiger partial charge in [-0.2, -0.15) is 0 Å². The zero-order chi connectivity index (χ0) is 25.2. The monoisotopic (exact) mass is 481 g/mol. The summed E-state index contributed by atoms with van der Waals surface area (Å²) in [5.41, 5.74) is 11.3. The molecule has 3 N–H and O–H groups in total. The van der Waals surface area contributed by atoms with Gasteiger partial charge in [-0.3, -0.25) is 9.59 Å². The maximum Gasteiger partial charge on any atom is 0.255 e. The number of benzene rings is 4. The van der Waals surface area contributed by atoms with Crippen LogP contribution in [0, 0.1) is 5.82 Å². The molecule has 36 heavy (non-hydrogen) atoms. The van der Waals surface area contributed by atoms with E-state index >= 15 is 0 Å². The van der Waals surface area contributed by atoms with Crippen molar-refractivity contribution in [3.63, 3.8) is 0 Å². The average molecular weight is 482 g/mol. The minimum absolute atomic E-state index is 0.0813. The molecule has 0 unspecified atom stereocenters. The number of para-hydroxylation sites is 2. The zero-order valence-electron chi connectivity index (χ0n) is 19.6. The number of anilines is 2. The van der Waals surface area contributed by atoms with E-state index < -0.39 is 5.82 Å². The van der Waals surface area contributed by atoms with Crippen LogP contribution in [-0.4, -0.2) is 23.8 Å². The van der Waals surface area contributed by atoms with E-state index in [2.05, 4.69) is 5.32 Å². The summed E-state index contributed by atoms with van der Waals surface area (Å²) < 4.78 is 19.3. The van der Waals surface area contributed by atoms with Gasteiger partial charge in [0.15, 0.2) is 11.6 Å². The molecule has 4 aromatic rings. The molecule has 0 spiro atoms. The molecule has 0 bridgehead atoms. The smallest absolute Gasteiger partial charge is 0.255 e.